The van der Waals surface area contributed by atoms with E-state index in [1.54, 1.807) is 25.1 Å². The van der Waals surface area contributed by atoms with Crippen LogP contribution in [0, 0.1) is 13.8 Å². The van der Waals surface area contributed by atoms with Crippen molar-refractivity contribution >= 4 is 21.6 Å². The predicted molar refractivity (Wildman–Crippen MR) is 100 cm³/mol. The van der Waals surface area contributed by atoms with Crippen LogP contribution in [0.25, 0.3) is 0 Å². The van der Waals surface area contributed by atoms with E-state index in [1.165, 1.54) is 10.6 Å². The summed E-state index contributed by atoms with van der Waals surface area (Å²) in [4.78, 5) is 27.2. The smallest absolute Gasteiger partial charge is 0.253 e. The highest BCUT2D eigenvalue weighted by Gasteiger charge is 2.26. The molecule has 1 aromatic heterocycles. The number of carbonyl (C=O) groups excluding carboxylic acids is 1. The molecule has 7 nitrogen and oxygen atoms in total. The maximum absolute atomic E-state index is 12.4. The molecule has 0 saturated heterocycles. The number of fused-ring (bicyclic) bond motifs is 1. The molecule has 2 heterocycles. The SMILES string of the molecule is Cc1cc(C)c(CNC(=O)c2ccc3c(c2)CCN3S(C)(=O)=O)c(=O)[nH]1. The number of pyridine rings is 1. The van der Waals surface area contributed by atoms with Crippen LogP contribution >= 0.6 is 0 Å². The number of nitrogens with zero attached hydrogens (tertiary/aromatic N) is 1. The maximum Gasteiger partial charge on any atom is 0.253 e. The Hall–Kier alpha value is -2.61. The van der Waals surface area contributed by atoms with Crippen LogP contribution in [0.4, 0.5) is 5.69 Å². The Morgan fingerprint density at radius 2 is 2.00 bits per heavy atom. The number of aromatic amines is 1. The average Bonchev–Trinajstić information content (AvgIpc) is 2.96. The first-order chi connectivity index (χ1) is 12.2. The highest BCUT2D eigenvalue weighted by Crippen LogP contribution is 2.30. The minimum atomic E-state index is -3.31. The fraction of sp³-hybridized carbons (Fsp3) is 0.333. The minimum absolute atomic E-state index is 0.132. The minimum Gasteiger partial charge on any atom is -0.348 e. The largest absolute Gasteiger partial charge is 0.348 e. The molecule has 1 amide bonds. The van der Waals surface area contributed by atoms with E-state index in [1.807, 2.05) is 13.0 Å². The molecule has 0 saturated carbocycles. The van der Waals surface area contributed by atoms with Crippen molar-refractivity contribution in [2.75, 3.05) is 17.1 Å². The third kappa shape index (κ3) is 3.50. The molecule has 0 bridgehead atoms. The lowest BCUT2D eigenvalue weighted by Gasteiger charge is -2.16. The quantitative estimate of drug-likeness (QED) is 0.840. The summed E-state index contributed by atoms with van der Waals surface area (Å²) in [7, 11) is -3.31. The van der Waals surface area contributed by atoms with Gasteiger partial charge in [-0.1, -0.05) is 0 Å². The van der Waals surface area contributed by atoms with Gasteiger partial charge in [0.25, 0.3) is 11.5 Å². The van der Waals surface area contributed by atoms with Gasteiger partial charge in [0.2, 0.25) is 10.0 Å². The number of amides is 1. The topological polar surface area (TPSA) is 99.3 Å². The molecular weight excluding hydrogens is 354 g/mol. The van der Waals surface area contributed by atoms with Gasteiger partial charge in [-0.25, -0.2) is 8.42 Å². The normalized spacial score (nSPS) is 13.6. The van der Waals surface area contributed by atoms with Crippen molar-refractivity contribution in [2.45, 2.75) is 26.8 Å². The molecule has 1 aromatic carbocycles. The first-order valence-electron chi connectivity index (χ1n) is 8.25. The fourth-order valence-electron chi connectivity index (χ4n) is 3.23. The molecule has 8 heteroatoms. The molecule has 3 rings (SSSR count). The van der Waals surface area contributed by atoms with Crippen LogP contribution in [0.2, 0.25) is 0 Å². The summed E-state index contributed by atoms with van der Waals surface area (Å²) in [6.45, 7) is 4.16. The number of aromatic nitrogens is 1. The predicted octanol–water partition coefficient (Wildman–Crippen LogP) is 1.24. The summed E-state index contributed by atoms with van der Waals surface area (Å²) >= 11 is 0. The van der Waals surface area contributed by atoms with Gasteiger partial charge in [-0.2, -0.15) is 0 Å². The zero-order chi connectivity index (χ0) is 19.1. The second kappa shape index (κ2) is 6.60. The Labute approximate surface area is 152 Å². The van der Waals surface area contributed by atoms with Gasteiger partial charge in [0, 0.05) is 29.9 Å². The second-order valence-electron chi connectivity index (χ2n) is 6.55. The van der Waals surface area contributed by atoms with E-state index in [0.717, 1.165) is 16.8 Å². The Kier molecular flexibility index (Phi) is 4.62. The van der Waals surface area contributed by atoms with E-state index in [9.17, 15) is 18.0 Å². The lowest BCUT2D eigenvalue weighted by Crippen LogP contribution is -2.28. The lowest BCUT2D eigenvalue weighted by molar-refractivity contribution is 0.0950. The van der Waals surface area contributed by atoms with Gasteiger partial charge in [0.05, 0.1) is 11.9 Å². The van der Waals surface area contributed by atoms with Crippen molar-refractivity contribution in [1.82, 2.24) is 10.3 Å². The number of hydrogen-bond donors (Lipinski definition) is 2. The highest BCUT2D eigenvalue weighted by atomic mass is 32.2. The number of rotatable bonds is 4. The molecule has 0 fully saturated rings. The second-order valence-corrected chi connectivity index (χ2v) is 8.46. The molecular formula is C18H21N3O4S. The molecule has 138 valence electrons. The molecule has 26 heavy (non-hydrogen) atoms. The van der Waals surface area contributed by atoms with Crippen LogP contribution in [0.15, 0.2) is 29.1 Å². The third-order valence-corrected chi connectivity index (χ3v) is 5.69. The molecule has 0 radical (unpaired) electrons. The van der Waals surface area contributed by atoms with Crippen molar-refractivity contribution in [1.29, 1.82) is 0 Å². The lowest BCUT2D eigenvalue weighted by atomic mass is 10.1. The van der Waals surface area contributed by atoms with Crippen molar-refractivity contribution in [3.63, 3.8) is 0 Å². The zero-order valence-corrected chi connectivity index (χ0v) is 15.7. The number of sulfonamides is 1. The third-order valence-electron chi connectivity index (χ3n) is 4.51. The summed E-state index contributed by atoms with van der Waals surface area (Å²) in [6.07, 6.45) is 1.74. The van der Waals surface area contributed by atoms with Crippen LogP contribution in [0.1, 0.15) is 32.7 Å². The zero-order valence-electron chi connectivity index (χ0n) is 14.9. The average molecular weight is 375 g/mol. The summed E-state index contributed by atoms with van der Waals surface area (Å²) in [5, 5.41) is 2.76. The number of anilines is 1. The van der Waals surface area contributed by atoms with Crippen LogP contribution < -0.4 is 15.2 Å². The Morgan fingerprint density at radius 3 is 2.65 bits per heavy atom. The van der Waals surface area contributed by atoms with Crippen LogP contribution in [-0.2, 0) is 23.0 Å². The molecule has 0 spiro atoms. The molecule has 0 atom stereocenters. The van der Waals surface area contributed by atoms with Crippen LogP contribution in [0.5, 0.6) is 0 Å². The van der Waals surface area contributed by atoms with Gasteiger partial charge in [-0.3, -0.25) is 13.9 Å². The maximum atomic E-state index is 12.4. The van der Waals surface area contributed by atoms with Crippen molar-refractivity contribution < 1.29 is 13.2 Å². The van der Waals surface area contributed by atoms with Gasteiger partial charge in [-0.15, -0.1) is 0 Å². The first kappa shape index (κ1) is 18.2. The Bertz CT molecular complexity index is 1040. The van der Waals surface area contributed by atoms with Gasteiger partial charge >= 0.3 is 0 Å². The molecule has 0 unspecified atom stereocenters. The first-order valence-corrected chi connectivity index (χ1v) is 10.1. The number of hydrogen-bond acceptors (Lipinski definition) is 4. The number of carbonyl (C=O) groups is 1. The van der Waals surface area contributed by atoms with Gasteiger partial charge in [0.1, 0.15) is 0 Å². The van der Waals surface area contributed by atoms with Crippen molar-refractivity contribution in [3.05, 3.63) is 62.6 Å². The monoisotopic (exact) mass is 375 g/mol. The van der Waals surface area contributed by atoms with Gasteiger partial charge < -0.3 is 10.3 Å². The van der Waals surface area contributed by atoms with Crippen molar-refractivity contribution in [3.8, 4) is 0 Å². The van der Waals surface area contributed by atoms with E-state index < -0.39 is 10.0 Å². The molecule has 1 aliphatic heterocycles. The highest BCUT2D eigenvalue weighted by molar-refractivity contribution is 7.92. The summed E-state index contributed by atoms with van der Waals surface area (Å²) < 4.78 is 24.9. The van der Waals surface area contributed by atoms with E-state index >= 15 is 0 Å². The van der Waals surface area contributed by atoms with Gasteiger partial charge in [-0.05, 0) is 55.7 Å². The van der Waals surface area contributed by atoms with Crippen LogP contribution in [0.3, 0.4) is 0 Å². The van der Waals surface area contributed by atoms with Crippen molar-refractivity contribution in [2.24, 2.45) is 0 Å². The number of benzene rings is 1. The van der Waals surface area contributed by atoms with E-state index in [-0.39, 0.29) is 18.0 Å². The number of aryl methyl sites for hydroxylation is 2. The Morgan fingerprint density at radius 1 is 1.27 bits per heavy atom. The van der Waals surface area contributed by atoms with E-state index in [2.05, 4.69) is 10.3 Å². The number of nitrogens with one attached hydrogen (secondary N) is 2. The molecule has 1 aliphatic rings. The standard InChI is InChI=1S/C18H21N3O4S/c1-11-8-12(2)20-18(23)15(11)10-19-17(22)14-4-5-16-13(9-14)6-7-21(16)26(3,24)25/h4-5,8-9H,6-7,10H2,1-3H3,(H,19,22)(H,20,23). The van der Waals surface area contributed by atoms with Crippen LogP contribution in [-0.4, -0.2) is 32.1 Å². The van der Waals surface area contributed by atoms with E-state index in [0.29, 0.717) is 29.8 Å². The molecule has 0 aliphatic carbocycles. The molecule has 2 N–H and O–H groups in total. The summed E-state index contributed by atoms with van der Waals surface area (Å²) in [5.41, 5.74) is 3.80. The number of H-pyrrole nitrogens is 1. The summed E-state index contributed by atoms with van der Waals surface area (Å²) in [6, 6.07) is 6.83. The Balaban J connectivity index is 1.77. The van der Waals surface area contributed by atoms with E-state index in [4.69, 9.17) is 0 Å². The van der Waals surface area contributed by atoms with Gasteiger partial charge in [0.15, 0.2) is 0 Å². The molecule has 2 aromatic rings. The fourth-order valence-corrected chi connectivity index (χ4v) is 4.19. The summed E-state index contributed by atoms with van der Waals surface area (Å²) in [5.74, 6) is -0.301.